The predicted molar refractivity (Wildman–Crippen MR) is 78.2 cm³/mol. The minimum atomic E-state index is -0.191. The van der Waals surface area contributed by atoms with Crippen LogP contribution in [-0.4, -0.2) is 36.0 Å². The molecule has 0 aliphatic heterocycles. The lowest BCUT2D eigenvalue weighted by Crippen LogP contribution is -2.31. The topological polar surface area (TPSA) is 87.4 Å². The SMILES string of the molecule is CC(N)C(c1cnn(C)c1)n1nnc(-c2ccccc2)n1. The van der Waals surface area contributed by atoms with Crippen molar-refractivity contribution in [3.63, 3.8) is 0 Å². The number of aryl methyl sites for hydroxylation is 1. The number of nitrogens with two attached hydrogens (primary N) is 1. The Morgan fingerprint density at radius 1 is 1.19 bits per heavy atom. The largest absolute Gasteiger partial charge is 0.326 e. The van der Waals surface area contributed by atoms with Crippen molar-refractivity contribution in [2.24, 2.45) is 12.8 Å². The van der Waals surface area contributed by atoms with Crippen LogP contribution in [0.25, 0.3) is 11.4 Å². The third-order valence-corrected chi connectivity index (χ3v) is 3.27. The Kier molecular flexibility index (Phi) is 3.49. The van der Waals surface area contributed by atoms with Crippen molar-refractivity contribution >= 4 is 0 Å². The molecule has 3 rings (SSSR count). The van der Waals surface area contributed by atoms with Crippen molar-refractivity contribution in [1.82, 2.24) is 30.0 Å². The maximum absolute atomic E-state index is 6.09. The highest BCUT2D eigenvalue weighted by molar-refractivity contribution is 5.53. The summed E-state index contributed by atoms with van der Waals surface area (Å²) in [5.74, 6) is 0.588. The van der Waals surface area contributed by atoms with Gasteiger partial charge in [-0.3, -0.25) is 4.68 Å². The highest BCUT2D eigenvalue weighted by Crippen LogP contribution is 2.20. The average molecular weight is 283 g/mol. The zero-order chi connectivity index (χ0) is 14.8. The molecule has 1 aromatic carbocycles. The van der Waals surface area contributed by atoms with E-state index < -0.39 is 0 Å². The van der Waals surface area contributed by atoms with Gasteiger partial charge in [0.25, 0.3) is 0 Å². The summed E-state index contributed by atoms with van der Waals surface area (Å²) in [7, 11) is 1.87. The molecular formula is C14H17N7. The monoisotopic (exact) mass is 283 g/mol. The Hall–Kier alpha value is -2.54. The molecule has 0 bridgehead atoms. The summed E-state index contributed by atoms with van der Waals surface area (Å²) in [5, 5.41) is 16.9. The molecular weight excluding hydrogens is 266 g/mol. The summed E-state index contributed by atoms with van der Waals surface area (Å²) in [5.41, 5.74) is 7.98. The van der Waals surface area contributed by atoms with Crippen LogP contribution in [0.1, 0.15) is 18.5 Å². The number of hydrogen-bond donors (Lipinski definition) is 1. The minimum absolute atomic E-state index is 0.160. The second kappa shape index (κ2) is 5.45. The molecule has 0 radical (unpaired) electrons. The van der Waals surface area contributed by atoms with Crippen molar-refractivity contribution in [1.29, 1.82) is 0 Å². The molecule has 0 saturated heterocycles. The Morgan fingerprint density at radius 3 is 2.57 bits per heavy atom. The second-order valence-electron chi connectivity index (χ2n) is 5.05. The first kappa shape index (κ1) is 13.4. The average Bonchev–Trinajstić information content (AvgIpc) is 3.10. The molecule has 0 amide bonds. The third-order valence-electron chi connectivity index (χ3n) is 3.27. The van der Waals surface area contributed by atoms with Crippen molar-refractivity contribution in [2.45, 2.75) is 19.0 Å². The number of nitrogens with zero attached hydrogens (tertiary/aromatic N) is 6. The van der Waals surface area contributed by atoms with Crippen LogP contribution in [0.2, 0.25) is 0 Å². The van der Waals surface area contributed by atoms with E-state index in [4.69, 9.17) is 5.73 Å². The van der Waals surface area contributed by atoms with Crippen molar-refractivity contribution in [3.8, 4) is 11.4 Å². The van der Waals surface area contributed by atoms with Crippen molar-refractivity contribution < 1.29 is 0 Å². The number of benzene rings is 1. The van der Waals surface area contributed by atoms with Gasteiger partial charge >= 0.3 is 0 Å². The summed E-state index contributed by atoms with van der Waals surface area (Å²) in [4.78, 5) is 1.56. The van der Waals surface area contributed by atoms with Crippen LogP contribution in [0.4, 0.5) is 0 Å². The fourth-order valence-corrected chi connectivity index (χ4v) is 2.29. The van der Waals surface area contributed by atoms with E-state index in [0.717, 1.165) is 11.1 Å². The van der Waals surface area contributed by atoms with E-state index in [2.05, 4.69) is 20.5 Å². The lowest BCUT2D eigenvalue weighted by Gasteiger charge is -2.17. The van der Waals surface area contributed by atoms with Crippen LogP contribution in [0, 0.1) is 0 Å². The Balaban J connectivity index is 1.96. The first-order chi connectivity index (χ1) is 10.1. The van der Waals surface area contributed by atoms with Gasteiger partial charge in [0.2, 0.25) is 5.82 Å². The van der Waals surface area contributed by atoms with Crippen LogP contribution in [0.3, 0.4) is 0 Å². The van der Waals surface area contributed by atoms with E-state index in [1.54, 1.807) is 15.7 Å². The van der Waals surface area contributed by atoms with E-state index in [-0.39, 0.29) is 12.1 Å². The molecule has 2 unspecified atom stereocenters. The zero-order valence-electron chi connectivity index (χ0n) is 12.0. The number of tetrazole rings is 1. The molecule has 0 spiro atoms. The third kappa shape index (κ3) is 2.68. The minimum Gasteiger partial charge on any atom is -0.326 e. The molecule has 2 aromatic heterocycles. The second-order valence-corrected chi connectivity index (χ2v) is 5.05. The maximum atomic E-state index is 6.09. The van der Waals surface area contributed by atoms with Gasteiger partial charge in [0.15, 0.2) is 0 Å². The van der Waals surface area contributed by atoms with Gasteiger partial charge < -0.3 is 5.73 Å². The lowest BCUT2D eigenvalue weighted by molar-refractivity contribution is 0.400. The lowest BCUT2D eigenvalue weighted by atomic mass is 10.1. The van der Waals surface area contributed by atoms with Crippen LogP contribution >= 0.6 is 0 Å². The molecule has 3 aromatic rings. The smallest absolute Gasteiger partial charge is 0.204 e. The first-order valence-corrected chi connectivity index (χ1v) is 6.74. The number of rotatable bonds is 4. The Morgan fingerprint density at radius 2 is 1.95 bits per heavy atom. The van der Waals surface area contributed by atoms with E-state index in [1.807, 2.05) is 50.5 Å². The molecule has 0 aliphatic carbocycles. The quantitative estimate of drug-likeness (QED) is 0.772. The molecule has 7 nitrogen and oxygen atoms in total. The van der Waals surface area contributed by atoms with Gasteiger partial charge in [-0.2, -0.15) is 9.90 Å². The van der Waals surface area contributed by atoms with Gasteiger partial charge in [0, 0.05) is 30.4 Å². The highest BCUT2D eigenvalue weighted by atomic mass is 15.6. The Bertz CT molecular complexity index is 714. The van der Waals surface area contributed by atoms with Gasteiger partial charge in [-0.1, -0.05) is 30.3 Å². The van der Waals surface area contributed by atoms with Gasteiger partial charge in [0.05, 0.1) is 6.20 Å². The van der Waals surface area contributed by atoms with E-state index >= 15 is 0 Å². The van der Waals surface area contributed by atoms with Gasteiger partial charge in [-0.15, -0.1) is 10.2 Å². The van der Waals surface area contributed by atoms with Crippen molar-refractivity contribution in [2.75, 3.05) is 0 Å². The molecule has 0 fully saturated rings. The van der Waals surface area contributed by atoms with Crippen LogP contribution < -0.4 is 5.73 Å². The molecule has 0 aliphatic rings. The maximum Gasteiger partial charge on any atom is 0.204 e. The normalized spacial score (nSPS) is 14.0. The summed E-state index contributed by atoms with van der Waals surface area (Å²) < 4.78 is 1.74. The summed E-state index contributed by atoms with van der Waals surface area (Å²) in [6.45, 7) is 1.92. The van der Waals surface area contributed by atoms with Crippen LogP contribution in [0.5, 0.6) is 0 Å². The molecule has 7 heteroatoms. The Labute approximate surface area is 122 Å². The highest BCUT2D eigenvalue weighted by Gasteiger charge is 2.23. The van der Waals surface area contributed by atoms with Crippen LogP contribution in [0.15, 0.2) is 42.7 Å². The molecule has 0 saturated carbocycles. The fourth-order valence-electron chi connectivity index (χ4n) is 2.29. The van der Waals surface area contributed by atoms with Gasteiger partial charge in [-0.05, 0) is 12.1 Å². The molecule has 108 valence electrons. The van der Waals surface area contributed by atoms with E-state index in [0.29, 0.717) is 5.82 Å². The molecule has 21 heavy (non-hydrogen) atoms. The number of hydrogen-bond acceptors (Lipinski definition) is 5. The summed E-state index contributed by atoms with van der Waals surface area (Å²) in [6, 6.07) is 9.39. The van der Waals surface area contributed by atoms with Gasteiger partial charge in [-0.25, -0.2) is 0 Å². The van der Waals surface area contributed by atoms with E-state index in [9.17, 15) is 0 Å². The molecule has 2 heterocycles. The van der Waals surface area contributed by atoms with Crippen LogP contribution in [-0.2, 0) is 7.05 Å². The summed E-state index contributed by atoms with van der Waals surface area (Å²) in [6.07, 6.45) is 3.69. The first-order valence-electron chi connectivity index (χ1n) is 6.74. The number of aromatic nitrogens is 6. The molecule has 2 atom stereocenters. The fraction of sp³-hybridized carbons (Fsp3) is 0.286. The molecule has 2 N–H and O–H groups in total. The van der Waals surface area contributed by atoms with Crippen molar-refractivity contribution in [3.05, 3.63) is 48.3 Å². The zero-order valence-corrected chi connectivity index (χ0v) is 12.0. The van der Waals surface area contributed by atoms with Gasteiger partial charge in [0.1, 0.15) is 6.04 Å². The summed E-state index contributed by atoms with van der Waals surface area (Å²) >= 11 is 0. The van der Waals surface area contributed by atoms with E-state index in [1.165, 1.54) is 0 Å². The predicted octanol–water partition coefficient (Wildman–Crippen LogP) is 1.01. The standard InChI is InChI=1S/C14H17N7/c1-10(15)13(12-8-16-20(2)9-12)21-18-14(17-19-21)11-6-4-3-5-7-11/h3-10,13H,15H2,1-2H3.